The van der Waals surface area contributed by atoms with Crippen LogP contribution in [0.25, 0.3) is 0 Å². The van der Waals surface area contributed by atoms with Crippen LogP contribution in [0.15, 0.2) is 16.8 Å². The van der Waals surface area contributed by atoms with Crippen LogP contribution in [0.3, 0.4) is 0 Å². The maximum Gasteiger partial charge on any atom is 0.106 e. The van der Waals surface area contributed by atoms with Gasteiger partial charge in [0.2, 0.25) is 0 Å². The maximum atomic E-state index is 8.32. The van der Waals surface area contributed by atoms with Crippen LogP contribution in [0.1, 0.15) is 6.42 Å². The van der Waals surface area contributed by atoms with E-state index in [-0.39, 0.29) is 0 Å². The molecule has 0 bridgehead atoms. The fourth-order valence-corrected chi connectivity index (χ4v) is 0.882. The van der Waals surface area contributed by atoms with E-state index in [1.165, 1.54) is 0 Å². The van der Waals surface area contributed by atoms with Crippen molar-refractivity contribution in [3.05, 3.63) is 22.9 Å². The van der Waals surface area contributed by atoms with Gasteiger partial charge in [0, 0.05) is 12.1 Å². The highest BCUT2D eigenvalue weighted by molar-refractivity contribution is 6.29. The average molecular weight is 154 g/mol. The summed E-state index contributed by atoms with van der Waals surface area (Å²) in [7, 11) is 0. The van der Waals surface area contributed by atoms with E-state index < -0.39 is 0 Å². The minimum Gasteiger partial charge on any atom is -0.371 e. The van der Waals surface area contributed by atoms with Crippen LogP contribution in [0.2, 0.25) is 0 Å². The van der Waals surface area contributed by atoms with Gasteiger partial charge in [-0.05, 0) is 12.2 Å². The summed E-state index contributed by atoms with van der Waals surface area (Å²) >= 11 is 5.71. The van der Waals surface area contributed by atoms with Crippen LogP contribution in [0.4, 0.5) is 0 Å². The Morgan fingerprint density at radius 1 is 1.90 bits per heavy atom. The van der Waals surface area contributed by atoms with Crippen LogP contribution in [-0.2, 0) is 0 Å². The van der Waals surface area contributed by atoms with E-state index in [1.54, 1.807) is 6.08 Å². The standard InChI is InChI=1S/C7H6ClN2/c8-7-6(3-4-9)2-1-5-10-7/h2,10H,3,5H2. The quantitative estimate of drug-likeness (QED) is 0.577. The molecule has 1 radical (unpaired) electrons. The molecule has 0 aromatic rings. The summed E-state index contributed by atoms with van der Waals surface area (Å²) in [6, 6.07) is 2.01. The molecule has 0 atom stereocenters. The first-order chi connectivity index (χ1) is 4.84. The predicted octanol–water partition coefficient (Wildman–Crippen LogP) is 1.31. The molecule has 0 spiro atoms. The number of rotatable bonds is 1. The summed E-state index contributed by atoms with van der Waals surface area (Å²) in [5.74, 6) is 0. The van der Waals surface area contributed by atoms with Gasteiger partial charge in [0.05, 0.1) is 12.5 Å². The zero-order valence-corrected chi connectivity index (χ0v) is 6.07. The van der Waals surface area contributed by atoms with Gasteiger partial charge < -0.3 is 5.32 Å². The van der Waals surface area contributed by atoms with Gasteiger partial charge >= 0.3 is 0 Å². The molecule has 10 heavy (non-hydrogen) atoms. The molecule has 0 unspecified atom stereocenters. The lowest BCUT2D eigenvalue weighted by atomic mass is 10.2. The molecule has 2 nitrogen and oxygen atoms in total. The Kier molecular flexibility index (Phi) is 2.35. The van der Waals surface area contributed by atoms with E-state index >= 15 is 0 Å². The second-order valence-electron chi connectivity index (χ2n) is 1.88. The van der Waals surface area contributed by atoms with Crippen LogP contribution in [0, 0.1) is 17.4 Å². The van der Waals surface area contributed by atoms with Crippen molar-refractivity contribution < 1.29 is 0 Å². The summed E-state index contributed by atoms with van der Waals surface area (Å²) in [4.78, 5) is 0. The lowest BCUT2D eigenvalue weighted by molar-refractivity contribution is 0.905. The average Bonchev–Trinajstić information content (AvgIpc) is 1.94. The first kappa shape index (κ1) is 7.17. The highest BCUT2D eigenvalue weighted by Crippen LogP contribution is 2.13. The fraction of sp³-hybridized carbons (Fsp3) is 0.286. The number of hydrogen-bond acceptors (Lipinski definition) is 2. The molecule has 0 saturated heterocycles. The minimum atomic E-state index is 0.346. The van der Waals surface area contributed by atoms with Crippen molar-refractivity contribution in [1.82, 2.24) is 5.32 Å². The third-order valence-electron chi connectivity index (χ3n) is 1.17. The molecule has 0 aliphatic carbocycles. The third kappa shape index (κ3) is 1.52. The third-order valence-corrected chi connectivity index (χ3v) is 1.55. The highest BCUT2D eigenvalue weighted by Gasteiger charge is 2.03. The second-order valence-corrected chi connectivity index (χ2v) is 2.25. The maximum absolute atomic E-state index is 8.32. The SMILES string of the molecule is N#CCC1=C(Cl)NC[C]=C1. The Balaban J connectivity index is 2.72. The monoisotopic (exact) mass is 153 g/mol. The van der Waals surface area contributed by atoms with Gasteiger partial charge in [0.1, 0.15) is 5.16 Å². The van der Waals surface area contributed by atoms with E-state index in [2.05, 4.69) is 11.4 Å². The molecule has 0 aromatic carbocycles. The molecule has 0 fully saturated rings. The topological polar surface area (TPSA) is 35.8 Å². The van der Waals surface area contributed by atoms with Crippen molar-refractivity contribution in [3.63, 3.8) is 0 Å². The van der Waals surface area contributed by atoms with Gasteiger partial charge in [-0.2, -0.15) is 5.26 Å². The van der Waals surface area contributed by atoms with Crippen molar-refractivity contribution in [1.29, 1.82) is 5.26 Å². The van der Waals surface area contributed by atoms with E-state index in [9.17, 15) is 0 Å². The largest absolute Gasteiger partial charge is 0.371 e. The smallest absolute Gasteiger partial charge is 0.106 e. The lowest BCUT2D eigenvalue weighted by Crippen LogP contribution is -2.14. The van der Waals surface area contributed by atoms with Crippen LogP contribution >= 0.6 is 11.6 Å². The van der Waals surface area contributed by atoms with Crippen LogP contribution in [0.5, 0.6) is 0 Å². The van der Waals surface area contributed by atoms with Crippen LogP contribution in [-0.4, -0.2) is 6.54 Å². The Bertz CT molecular complexity index is 222. The summed E-state index contributed by atoms with van der Waals surface area (Å²) in [6.07, 6.45) is 5.02. The van der Waals surface area contributed by atoms with Gasteiger partial charge in [-0.1, -0.05) is 11.6 Å². The molecule has 0 saturated carbocycles. The number of hydrogen-bond donors (Lipinski definition) is 1. The summed E-state index contributed by atoms with van der Waals surface area (Å²) in [6.45, 7) is 0.633. The summed E-state index contributed by atoms with van der Waals surface area (Å²) < 4.78 is 0. The molecule has 1 aliphatic heterocycles. The molecule has 1 heterocycles. The number of nitrogens with zero attached hydrogens (tertiary/aromatic N) is 1. The van der Waals surface area contributed by atoms with Crippen molar-refractivity contribution in [2.45, 2.75) is 6.42 Å². The molecule has 0 aromatic heterocycles. The van der Waals surface area contributed by atoms with E-state index in [4.69, 9.17) is 16.9 Å². The van der Waals surface area contributed by atoms with Crippen molar-refractivity contribution in [3.8, 4) is 6.07 Å². The van der Waals surface area contributed by atoms with Gasteiger partial charge in [-0.15, -0.1) is 0 Å². The zero-order chi connectivity index (χ0) is 7.40. The molecule has 3 heteroatoms. The minimum absolute atomic E-state index is 0.346. The molecule has 1 aliphatic rings. The number of dihydropyridines is 1. The summed E-state index contributed by atoms with van der Waals surface area (Å²) in [5.41, 5.74) is 0.815. The van der Waals surface area contributed by atoms with Gasteiger partial charge in [-0.3, -0.25) is 0 Å². The number of nitrogens with one attached hydrogen (secondary N) is 1. The van der Waals surface area contributed by atoms with E-state index in [0.29, 0.717) is 18.1 Å². The Morgan fingerprint density at radius 3 is 3.30 bits per heavy atom. The number of nitriles is 1. The van der Waals surface area contributed by atoms with Crippen molar-refractivity contribution in [2.75, 3.05) is 6.54 Å². The zero-order valence-electron chi connectivity index (χ0n) is 5.32. The van der Waals surface area contributed by atoms with Gasteiger partial charge in [0.25, 0.3) is 0 Å². The predicted molar refractivity (Wildman–Crippen MR) is 38.9 cm³/mol. The second kappa shape index (κ2) is 3.28. The van der Waals surface area contributed by atoms with Gasteiger partial charge in [0.15, 0.2) is 0 Å². The molecular weight excluding hydrogens is 148 g/mol. The summed E-state index contributed by atoms with van der Waals surface area (Å²) in [5, 5.41) is 11.8. The first-order valence-electron chi connectivity index (χ1n) is 2.90. The van der Waals surface area contributed by atoms with Gasteiger partial charge in [-0.25, -0.2) is 0 Å². The van der Waals surface area contributed by atoms with E-state index in [0.717, 1.165) is 5.57 Å². The van der Waals surface area contributed by atoms with Crippen LogP contribution < -0.4 is 5.32 Å². The Labute approximate surface area is 64.8 Å². The highest BCUT2D eigenvalue weighted by atomic mass is 35.5. The Hall–Kier alpha value is -0.940. The number of halogens is 1. The molecule has 1 N–H and O–H groups in total. The van der Waals surface area contributed by atoms with E-state index in [1.807, 2.05) is 6.07 Å². The molecular formula is C7H6ClN2. The van der Waals surface area contributed by atoms with Crippen molar-refractivity contribution in [2.24, 2.45) is 0 Å². The first-order valence-corrected chi connectivity index (χ1v) is 3.28. The molecule has 0 amide bonds. The fourth-order valence-electron chi connectivity index (χ4n) is 0.694. The molecule has 1 rings (SSSR count). The normalized spacial score (nSPS) is 16.4. The lowest BCUT2D eigenvalue weighted by Gasteiger charge is -2.08. The van der Waals surface area contributed by atoms with Crippen molar-refractivity contribution >= 4 is 11.6 Å². The number of allylic oxidation sites excluding steroid dienone is 2. The molecule has 51 valence electrons. The Morgan fingerprint density at radius 2 is 2.70 bits per heavy atom.